The van der Waals surface area contributed by atoms with E-state index in [1.807, 2.05) is 49.5 Å². The lowest BCUT2D eigenvalue weighted by molar-refractivity contribution is -0.149. The second-order valence-corrected chi connectivity index (χ2v) is 18.2. The Morgan fingerprint density at radius 2 is 1.79 bits per heavy atom. The van der Waals surface area contributed by atoms with Crippen LogP contribution in [0, 0.1) is 11.3 Å². The second kappa shape index (κ2) is 19.3. The van der Waals surface area contributed by atoms with Crippen molar-refractivity contribution in [3.8, 4) is 12.1 Å². The molecule has 18 heteroatoms. The minimum atomic E-state index is -1.25. The summed E-state index contributed by atoms with van der Waals surface area (Å²) in [5.41, 5.74) is 4.92. The van der Waals surface area contributed by atoms with Crippen molar-refractivity contribution in [1.82, 2.24) is 34.9 Å². The number of rotatable bonds is 12. The van der Waals surface area contributed by atoms with Crippen LogP contribution in [0.25, 0.3) is 10.8 Å². The van der Waals surface area contributed by atoms with Crippen LogP contribution in [0.4, 0.5) is 16.3 Å². The Morgan fingerprint density at radius 3 is 2.57 bits per heavy atom. The third-order valence-electron chi connectivity index (χ3n) is 13.6. The summed E-state index contributed by atoms with van der Waals surface area (Å²) in [7, 11) is 3.91. The maximum atomic E-state index is 14.0. The lowest BCUT2D eigenvalue weighted by Crippen LogP contribution is -2.57. The molecule has 6 heterocycles. The molecule has 67 heavy (non-hydrogen) atoms. The minimum Gasteiger partial charge on any atom is -0.462 e. The second-order valence-electron chi connectivity index (χ2n) is 17.8. The van der Waals surface area contributed by atoms with Crippen LogP contribution < -0.4 is 19.9 Å². The summed E-state index contributed by atoms with van der Waals surface area (Å²) in [5.74, 6) is -1.81. The van der Waals surface area contributed by atoms with E-state index in [-0.39, 0.29) is 62.4 Å². The van der Waals surface area contributed by atoms with E-state index >= 15 is 0 Å². The van der Waals surface area contributed by atoms with Gasteiger partial charge in [0.05, 0.1) is 35.8 Å². The van der Waals surface area contributed by atoms with Gasteiger partial charge in [-0.1, -0.05) is 54.6 Å². The van der Waals surface area contributed by atoms with Crippen molar-refractivity contribution in [1.29, 1.82) is 5.26 Å². The zero-order valence-corrected chi connectivity index (χ0v) is 38.5. The van der Waals surface area contributed by atoms with Crippen molar-refractivity contribution < 1.29 is 33.4 Å². The van der Waals surface area contributed by atoms with Crippen molar-refractivity contribution in [2.75, 3.05) is 69.8 Å². The molecule has 5 aliphatic rings. The number of amides is 5. The number of nitrogens with zero attached hydrogens (tertiary/aromatic N) is 9. The van der Waals surface area contributed by atoms with Gasteiger partial charge >= 0.3 is 12.1 Å². The summed E-state index contributed by atoms with van der Waals surface area (Å²) in [6.45, 7) is 7.52. The number of likely N-dealkylation sites (N-methyl/N-ethyl adjacent to an activating group) is 1. The molecule has 0 bridgehead atoms. The van der Waals surface area contributed by atoms with E-state index in [0.717, 1.165) is 58.2 Å². The first-order valence-electron chi connectivity index (χ1n) is 22.8. The van der Waals surface area contributed by atoms with Gasteiger partial charge in [0.15, 0.2) is 0 Å². The first-order valence-corrected chi connectivity index (χ1v) is 23.2. The molecule has 4 aromatic rings. The summed E-state index contributed by atoms with van der Waals surface area (Å²) < 4.78 is 11.8. The number of likely N-dealkylation sites (tertiary alicyclic amines) is 2. The third-order valence-corrected chi connectivity index (χ3v) is 14.0. The number of fused-ring (bicyclic) bond motifs is 3. The van der Waals surface area contributed by atoms with Gasteiger partial charge in [-0.2, -0.15) is 20.1 Å². The Hall–Kier alpha value is -6.61. The van der Waals surface area contributed by atoms with Crippen LogP contribution in [0.1, 0.15) is 64.8 Å². The lowest BCUT2D eigenvalue weighted by atomic mass is 10.0. The van der Waals surface area contributed by atoms with Crippen molar-refractivity contribution in [3.05, 3.63) is 99.7 Å². The minimum absolute atomic E-state index is 0.00361. The molecule has 5 aliphatic heterocycles. The van der Waals surface area contributed by atoms with Crippen LogP contribution in [-0.4, -0.2) is 137 Å². The molecule has 9 rings (SSSR count). The lowest BCUT2D eigenvalue weighted by Gasteiger charge is -2.42. The largest absolute Gasteiger partial charge is 0.462 e. The highest BCUT2D eigenvalue weighted by Gasteiger charge is 2.46. The van der Waals surface area contributed by atoms with Gasteiger partial charge < -0.3 is 39.3 Å². The van der Waals surface area contributed by atoms with Crippen molar-refractivity contribution in [3.63, 3.8) is 0 Å². The topological polar surface area (TPSA) is 185 Å². The number of anilines is 2. The number of piperidine rings is 1. The molecular weight excluding hydrogens is 876 g/mol. The van der Waals surface area contributed by atoms with Crippen molar-refractivity contribution in [2.24, 2.45) is 0 Å². The molecule has 5 amide bonds. The molecule has 0 aliphatic carbocycles. The number of hydrogen-bond donors (Lipinski definition) is 1. The van der Waals surface area contributed by atoms with E-state index in [0.29, 0.717) is 60.5 Å². The van der Waals surface area contributed by atoms with Crippen molar-refractivity contribution in [2.45, 2.75) is 76.3 Å². The van der Waals surface area contributed by atoms with E-state index in [1.165, 1.54) is 4.90 Å². The molecule has 3 atom stereocenters. The Balaban J connectivity index is 0.880. The molecule has 3 aromatic carbocycles. The number of nitriles is 1. The molecule has 1 N–H and O–H groups in total. The average molecular weight is 929 g/mol. The predicted molar refractivity (Wildman–Crippen MR) is 249 cm³/mol. The molecule has 0 saturated carbocycles. The summed E-state index contributed by atoms with van der Waals surface area (Å²) in [6.07, 6.45) is 1.40. The van der Waals surface area contributed by atoms with Crippen molar-refractivity contribution >= 4 is 63.6 Å². The van der Waals surface area contributed by atoms with Crippen LogP contribution in [0.15, 0.2) is 66.7 Å². The number of hydrogen-bond acceptors (Lipinski definition) is 14. The molecule has 3 saturated heterocycles. The number of aromatic nitrogens is 2. The molecule has 1 aromatic heterocycles. The number of benzene rings is 3. The van der Waals surface area contributed by atoms with Crippen LogP contribution in [0.2, 0.25) is 5.02 Å². The number of ether oxygens (including phenoxy) is 2. The maximum absolute atomic E-state index is 14.0. The molecule has 0 spiro atoms. The number of piperazine rings is 1. The zero-order chi connectivity index (χ0) is 46.9. The monoisotopic (exact) mass is 928 g/mol. The number of carbonyl (C=O) groups excluding carboxylic acids is 5. The van der Waals surface area contributed by atoms with E-state index in [1.54, 1.807) is 11.0 Å². The summed E-state index contributed by atoms with van der Waals surface area (Å²) >= 11 is 6.77. The van der Waals surface area contributed by atoms with E-state index in [2.05, 4.69) is 45.8 Å². The fourth-order valence-electron chi connectivity index (χ4n) is 10.1. The zero-order valence-electron chi connectivity index (χ0n) is 37.7. The highest BCUT2D eigenvalue weighted by atomic mass is 35.5. The highest BCUT2D eigenvalue weighted by molar-refractivity contribution is 6.36. The van der Waals surface area contributed by atoms with Crippen LogP contribution >= 0.6 is 11.6 Å². The van der Waals surface area contributed by atoms with Gasteiger partial charge in [-0.05, 0) is 81.0 Å². The SMILES string of the molecule is C=C(COC(=O)N1C(=O)CCC(N2Cc3cc(CNC)ccc3C2=O)C1=O)C(=O)N1CCN(c2nc(OCC3CCCN3C)nc3c2CCN(c2cccc4cccc(Cl)c24)C3)CC1CC#N. The van der Waals surface area contributed by atoms with Gasteiger partial charge in [0.2, 0.25) is 5.91 Å². The standard InChI is InChI=1S/C49H53ClN10O7/c1-30(28-67-49(65)60-42(61)15-14-41(47(60)64)59-25-33-23-31(24-52-2)12-13-36(33)46(59)63)45(62)58-22-21-57(26-34(58)16-18-51)44-37-17-20-56(40-11-5-8-32-7-4-10-38(50)43(32)40)27-39(37)53-48(54-44)66-29-35-9-6-19-55(35)3/h4-5,7-8,10-13,23,34-35,41,52H,1,6,9,14-17,19-22,24-29H2,2-3H3. The van der Waals surface area contributed by atoms with E-state index < -0.39 is 42.5 Å². The van der Waals surface area contributed by atoms with E-state index in [9.17, 15) is 29.2 Å². The molecule has 0 radical (unpaired) electrons. The molecule has 3 unspecified atom stereocenters. The van der Waals surface area contributed by atoms with Crippen LogP contribution in [-0.2, 0) is 45.2 Å². The fraction of sp³-hybridized carbons (Fsp3) is 0.429. The fourth-order valence-corrected chi connectivity index (χ4v) is 10.4. The van der Waals surface area contributed by atoms with Gasteiger partial charge in [0.1, 0.15) is 25.1 Å². The summed E-state index contributed by atoms with van der Waals surface area (Å²) in [6, 6.07) is 18.6. The number of imide groups is 3. The van der Waals surface area contributed by atoms with Crippen LogP contribution in [0.5, 0.6) is 6.01 Å². The molecule has 3 fully saturated rings. The summed E-state index contributed by atoms with van der Waals surface area (Å²) in [4.78, 5) is 87.6. The molecular formula is C49H53ClN10O7. The Labute approximate surface area is 393 Å². The summed E-state index contributed by atoms with van der Waals surface area (Å²) in [5, 5.41) is 15.8. The Morgan fingerprint density at radius 1 is 0.970 bits per heavy atom. The Bertz CT molecular complexity index is 2700. The smallest absolute Gasteiger partial charge is 0.423 e. The quantitative estimate of drug-likeness (QED) is 0.150. The maximum Gasteiger partial charge on any atom is 0.423 e. The average Bonchev–Trinajstić information content (AvgIpc) is 3.89. The van der Waals surface area contributed by atoms with Gasteiger partial charge in [-0.15, -0.1) is 0 Å². The first kappa shape index (κ1) is 45.5. The third kappa shape index (κ3) is 9.00. The normalized spacial score (nSPS) is 20.8. The predicted octanol–water partition coefficient (Wildman–Crippen LogP) is 4.84. The molecule has 17 nitrogen and oxygen atoms in total. The molecule has 348 valence electrons. The number of nitrogens with one attached hydrogen (secondary N) is 1. The Kier molecular flexibility index (Phi) is 13.1. The van der Waals surface area contributed by atoms with Gasteiger partial charge in [0, 0.05) is 79.5 Å². The highest BCUT2D eigenvalue weighted by Crippen LogP contribution is 2.38. The van der Waals surface area contributed by atoms with Gasteiger partial charge in [-0.3, -0.25) is 19.2 Å². The van der Waals surface area contributed by atoms with Crippen LogP contribution in [0.3, 0.4) is 0 Å². The first-order chi connectivity index (χ1) is 32.4. The number of carbonyl (C=O) groups is 5. The number of halogens is 1. The van der Waals surface area contributed by atoms with E-state index in [4.69, 9.17) is 31.0 Å². The van der Waals surface area contributed by atoms with Gasteiger partial charge in [-0.25, -0.2) is 4.79 Å². The van der Waals surface area contributed by atoms with Gasteiger partial charge in [0.25, 0.3) is 17.7 Å².